The number of pyridine rings is 1. The monoisotopic (exact) mass is 632 g/mol. The molecule has 0 saturated heterocycles. The summed E-state index contributed by atoms with van der Waals surface area (Å²) in [5.74, 6) is 0. The van der Waals surface area contributed by atoms with Gasteiger partial charge in [-0.15, -0.1) is 0 Å². The molecule has 1 aromatic heterocycles. The van der Waals surface area contributed by atoms with Crippen LogP contribution in [0.5, 0.6) is 0 Å². The van der Waals surface area contributed by atoms with Gasteiger partial charge in [0, 0.05) is 27.1 Å². The van der Waals surface area contributed by atoms with Gasteiger partial charge in [0.05, 0.1) is 22.8 Å². The molecule has 0 bridgehead atoms. The first-order chi connectivity index (χ1) is 24.8. The second-order valence-corrected chi connectivity index (χ2v) is 12.9. The van der Waals surface area contributed by atoms with Crippen LogP contribution in [0.15, 0.2) is 170 Å². The summed E-state index contributed by atoms with van der Waals surface area (Å²) in [7, 11) is 0. The Morgan fingerprint density at radius 2 is 0.860 bits per heavy atom. The number of hydrogen-bond donors (Lipinski definition) is 0. The molecule has 0 aliphatic carbocycles. The van der Waals surface area contributed by atoms with E-state index in [1.54, 1.807) is 0 Å². The zero-order valence-corrected chi connectivity index (χ0v) is 27.1. The highest BCUT2D eigenvalue weighted by Crippen LogP contribution is 2.49. The van der Waals surface area contributed by atoms with Crippen molar-refractivity contribution in [3.63, 3.8) is 0 Å². The van der Waals surface area contributed by atoms with E-state index in [9.17, 15) is 5.26 Å². The van der Waals surface area contributed by atoms with Crippen molar-refractivity contribution >= 4 is 64.8 Å². The summed E-state index contributed by atoms with van der Waals surface area (Å²) >= 11 is 0. The third-order valence-electron chi connectivity index (χ3n) is 10.3. The van der Waals surface area contributed by atoms with Gasteiger partial charge in [-0.05, 0) is 78.2 Å². The van der Waals surface area contributed by atoms with Gasteiger partial charge in [0.15, 0.2) is 0 Å². The molecular formula is C48H28N2. The zero-order valence-electron chi connectivity index (χ0n) is 27.1. The first-order valence-electron chi connectivity index (χ1n) is 17.0. The molecular weight excluding hydrogens is 605 g/mol. The van der Waals surface area contributed by atoms with Crippen molar-refractivity contribution in [1.82, 2.24) is 4.98 Å². The Labute approximate surface area is 289 Å². The predicted octanol–water partition coefficient (Wildman–Crippen LogP) is 12.9. The van der Waals surface area contributed by atoms with Gasteiger partial charge in [-0.1, -0.05) is 152 Å². The summed E-state index contributed by atoms with van der Waals surface area (Å²) in [5, 5.41) is 22.7. The summed E-state index contributed by atoms with van der Waals surface area (Å²) < 4.78 is 0. The lowest BCUT2D eigenvalue weighted by atomic mass is 9.82. The third kappa shape index (κ3) is 4.11. The van der Waals surface area contributed by atoms with Crippen molar-refractivity contribution in [1.29, 1.82) is 5.26 Å². The molecule has 0 fully saturated rings. The van der Waals surface area contributed by atoms with E-state index < -0.39 is 0 Å². The molecule has 2 nitrogen and oxygen atoms in total. The predicted molar refractivity (Wildman–Crippen MR) is 210 cm³/mol. The maximum Gasteiger partial charge on any atom is 0.0998 e. The van der Waals surface area contributed by atoms with Crippen LogP contribution in [0, 0.1) is 11.3 Å². The Morgan fingerprint density at radius 1 is 0.380 bits per heavy atom. The van der Waals surface area contributed by atoms with E-state index in [0.717, 1.165) is 43.9 Å². The van der Waals surface area contributed by atoms with Gasteiger partial charge in [0.1, 0.15) is 0 Å². The lowest BCUT2D eigenvalue weighted by Gasteiger charge is -2.21. The first kappa shape index (κ1) is 28.2. The quantitative estimate of drug-likeness (QED) is 0.144. The molecule has 0 saturated carbocycles. The number of para-hydroxylation sites is 1. The summed E-state index contributed by atoms with van der Waals surface area (Å²) in [4.78, 5) is 5.31. The fourth-order valence-corrected chi connectivity index (χ4v) is 8.16. The SMILES string of the molecule is N#Cc1ccc(-c2c3ccccc3c(-c3cc4c(-c5ccccc5)nc5ccccc5c4c4ccccc34)c3ccccc23)c2ccccc12. The van der Waals surface area contributed by atoms with Crippen LogP contribution in [-0.4, -0.2) is 4.98 Å². The van der Waals surface area contributed by atoms with Crippen molar-refractivity contribution in [3.05, 3.63) is 175 Å². The molecule has 230 valence electrons. The van der Waals surface area contributed by atoms with E-state index in [1.807, 2.05) is 12.1 Å². The molecule has 0 radical (unpaired) electrons. The van der Waals surface area contributed by atoms with Crippen LogP contribution in [0.4, 0.5) is 0 Å². The average Bonchev–Trinajstić information content (AvgIpc) is 3.19. The van der Waals surface area contributed by atoms with E-state index in [4.69, 9.17) is 4.98 Å². The Morgan fingerprint density at radius 3 is 1.48 bits per heavy atom. The molecule has 0 amide bonds. The number of benzene rings is 9. The zero-order chi connectivity index (χ0) is 33.2. The fraction of sp³-hybridized carbons (Fsp3) is 0. The van der Waals surface area contributed by atoms with Gasteiger partial charge in [-0.2, -0.15) is 5.26 Å². The molecule has 0 aliphatic heterocycles. The molecule has 10 rings (SSSR count). The minimum Gasteiger partial charge on any atom is -0.247 e. The van der Waals surface area contributed by atoms with E-state index in [1.165, 1.54) is 54.4 Å². The lowest BCUT2D eigenvalue weighted by Crippen LogP contribution is -1.95. The van der Waals surface area contributed by atoms with Gasteiger partial charge in [0.25, 0.3) is 0 Å². The second kappa shape index (κ2) is 11.1. The van der Waals surface area contributed by atoms with Gasteiger partial charge in [-0.3, -0.25) is 0 Å². The van der Waals surface area contributed by atoms with E-state index in [0.29, 0.717) is 5.56 Å². The highest BCUT2D eigenvalue weighted by molar-refractivity contribution is 6.30. The first-order valence-corrected chi connectivity index (χ1v) is 17.0. The molecule has 2 heteroatoms. The van der Waals surface area contributed by atoms with Gasteiger partial charge >= 0.3 is 0 Å². The van der Waals surface area contributed by atoms with Crippen LogP contribution in [0.2, 0.25) is 0 Å². The smallest absolute Gasteiger partial charge is 0.0998 e. The molecule has 0 atom stereocenters. The number of fused-ring (bicyclic) bond motifs is 8. The maximum absolute atomic E-state index is 9.96. The standard InChI is InChI=1S/C48H28N2/c49-29-31-26-27-40(33-17-5-4-16-32(31)33)45-36-20-8-10-22-38(36)46(39-23-11-9-21-37(39)45)42-28-43-47(35-19-7-6-18-34(35)42)41-24-12-13-25-44(41)50-48(43)30-14-2-1-3-15-30/h1-28H. The second-order valence-electron chi connectivity index (χ2n) is 12.9. The van der Waals surface area contributed by atoms with Gasteiger partial charge in [0.2, 0.25) is 0 Å². The fourth-order valence-electron chi connectivity index (χ4n) is 8.16. The molecule has 10 aromatic rings. The van der Waals surface area contributed by atoms with Crippen molar-refractivity contribution in [2.45, 2.75) is 0 Å². The van der Waals surface area contributed by atoms with Crippen LogP contribution < -0.4 is 0 Å². The highest BCUT2D eigenvalue weighted by atomic mass is 14.7. The number of rotatable bonds is 3. The number of hydrogen-bond acceptors (Lipinski definition) is 2. The Hall–Kier alpha value is -6.82. The van der Waals surface area contributed by atoms with Gasteiger partial charge in [-0.25, -0.2) is 4.98 Å². The van der Waals surface area contributed by atoms with Crippen molar-refractivity contribution < 1.29 is 0 Å². The average molecular weight is 633 g/mol. The molecule has 9 aromatic carbocycles. The number of nitriles is 1. The van der Waals surface area contributed by atoms with E-state index in [-0.39, 0.29) is 0 Å². The van der Waals surface area contributed by atoms with Crippen LogP contribution in [0.25, 0.3) is 98.3 Å². The molecule has 0 unspecified atom stereocenters. The highest BCUT2D eigenvalue weighted by Gasteiger charge is 2.22. The van der Waals surface area contributed by atoms with Gasteiger partial charge < -0.3 is 0 Å². The minimum atomic E-state index is 0.688. The molecule has 0 aliphatic rings. The summed E-state index contributed by atoms with van der Waals surface area (Å²) in [5.41, 5.74) is 8.48. The Kier molecular flexibility index (Phi) is 6.28. The van der Waals surface area contributed by atoms with Crippen LogP contribution in [0.3, 0.4) is 0 Å². The minimum absolute atomic E-state index is 0.688. The molecule has 0 N–H and O–H groups in total. The third-order valence-corrected chi connectivity index (χ3v) is 10.3. The molecule has 50 heavy (non-hydrogen) atoms. The number of nitrogens with zero attached hydrogens (tertiary/aromatic N) is 2. The summed E-state index contributed by atoms with van der Waals surface area (Å²) in [6.45, 7) is 0. The van der Waals surface area contributed by atoms with Crippen LogP contribution in [0.1, 0.15) is 5.56 Å². The van der Waals surface area contributed by atoms with Crippen molar-refractivity contribution in [2.75, 3.05) is 0 Å². The maximum atomic E-state index is 9.96. The molecule has 1 heterocycles. The van der Waals surface area contributed by atoms with Crippen LogP contribution in [-0.2, 0) is 0 Å². The van der Waals surface area contributed by atoms with E-state index in [2.05, 4.69) is 164 Å². The Bertz CT molecular complexity index is 2980. The topological polar surface area (TPSA) is 36.7 Å². The van der Waals surface area contributed by atoms with Crippen LogP contribution >= 0.6 is 0 Å². The van der Waals surface area contributed by atoms with E-state index >= 15 is 0 Å². The summed E-state index contributed by atoms with van der Waals surface area (Å²) in [6.07, 6.45) is 0. The normalized spacial score (nSPS) is 11.6. The number of aromatic nitrogens is 1. The Balaban J connectivity index is 1.40. The largest absolute Gasteiger partial charge is 0.247 e. The van der Waals surface area contributed by atoms with Crippen molar-refractivity contribution in [3.8, 4) is 39.6 Å². The lowest BCUT2D eigenvalue weighted by molar-refractivity contribution is 1.43. The summed E-state index contributed by atoms with van der Waals surface area (Å²) in [6, 6.07) is 62.7. The molecule has 0 spiro atoms. The van der Waals surface area contributed by atoms with Crippen molar-refractivity contribution in [2.24, 2.45) is 0 Å².